The third kappa shape index (κ3) is 4.92. The van der Waals surface area contributed by atoms with E-state index in [0.29, 0.717) is 6.61 Å². The summed E-state index contributed by atoms with van der Waals surface area (Å²) in [5.41, 5.74) is 0. The molecule has 0 amide bonds. The van der Waals surface area contributed by atoms with Gasteiger partial charge in [-0.25, -0.2) is 4.79 Å². The van der Waals surface area contributed by atoms with Crippen molar-refractivity contribution in [2.45, 2.75) is 31.8 Å². The maximum absolute atomic E-state index is 11.5. The Kier molecular flexibility index (Phi) is 5.90. The van der Waals surface area contributed by atoms with E-state index in [1.54, 1.807) is 0 Å². The number of piperazine rings is 1. The Hall–Kier alpha value is -0.650. The molecule has 5 nitrogen and oxygen atoms in total. The second-order valence-corrected chi connectivity index (χ2v) is 5.04. The molecule has 2 fully saturated rings. The second kappa shape index (κ2) is 7.71. The minimum Gasteiger partial charge on any atom is -0.461 e. The summed E-state index contributed by atoms with van der Waals surface area (Å²) in [6.45, 7) is 5.83. The number of hydrogen-bond acceptors (Lipinski definition) is 5. The SMILES string of the molecule is O=C(COCCN1CCNCC1)OC1CCCC1. The third-order valence-electron chi connectivity index (χ3n) is 3.58. The second-order valence-electron chi connectivity index (χ2n) is 5.04. The van der Waals surface area contributed by atoms with Crippen LogP contribution in [0.1, 0.15) is 25.7 Å². The lowest BCUT2D eigenvalue weighted by Crippen LogP contribution is -2.44. The van der Waals surface area contributed by atoms with E-state index in [1.807, 2.05) is 0 Å². The molecule has 0 atom stereocenters. The monoisotopic (exact) mass is 256 g/mol. The first-order valence-corrected chi connectivity index (χ1v) is 7.05. The Balaban J connectivity index is 1.47. The first-order valence-electron chi connectivity index (χ1n) is 7.05. The van der Waals surface area contributed by atoms with Gasteiger partial charge in [-0.2, -0.15) is 0 Å². The van der Waals surface area contributed by atoms with Gasteiger partial charge in [0, 0.05) is 32.7 Å². The van der Waals surface area contributed by atoms with E-state index in [9.17, 15) is 4.79 Å². The van der Waals surface area contributed by atoms with E-state index in [0.717, 1.165) is 45.6 Å². The average molecular weight is 256 g/mol. The van der Waals surface area contributed by atoms with Crippen LogP contribution in [0.25, 0.3) is 0 Å². The molecule has 0 spiro atoms. The largest absolute Gasteiger partial charge is 0.461 e. The summed E-state index contributed by atoms with van der Waals surface area (Å²) in [6, 6.07) is 0. The molecule has 0 radical (unpaired) electrons. The van der Waals surface area contributed by atoms with Crippen molar-refractivity contribution in [1.82, 2.24) is 10.2 Å². The number of rotatable bonds is 6. The standard InChI is InChI=1S/C13H24N2O3/c16-13(18-12-3-1-2-4-12)11-17-10-9-15-7-5-14-6-8-15/h12,14H,1-11H2. The van der Waals surface area contributed by atoms with Crippen molar-refractivity contribution in [1.29, 1.82) is 0 Å². The molecule has 1 aliphatic heterocycles. The summed E-state index contributed by atoms with van der Waals surface area (Å²) in [7, 11) is 0. The molecule has 0 aromatic rings. The van der Waals surface area contributed by atoms with Crippen LogP contribution in [-0.2, 0) is 14.3 Å². The normalized spacial score (nSPS) is 22.2. The zero-order valence-electron chi connectivity index (χ0n) is 11.0. The number of carbonyl (C=O) groups is 1. The van der Waals surface area contributed by atoms with Crippen LogP contribution >= 0.6 is 0 Å². The lowest BCUT2D eigenvalue weighted by molar-refractivity contribution is -0.154. The highest BCUT2D eigenvalue weighted by molar-refractivity contribution is 5.70. The molecule has 5 heteroatoms. The number of nitrogens with one attached hydrogen (secondary N) is 1. The molecule has 1 heterocycles. The summed E-state index contributed by atoms with van der Waals surface area (Å²) in [4.78, 5) is 13.8. The van der Waals surface area contributed by atoms with Gasteiger partial charge in [0.1, 0.15) is 12.7 Å². The quantitative estimate of drug-likeness (QED) is 0.550. The van der Waals surface area contributed by atoms with E-state index in [-0.39, 0.29) is 18.7 Å². The molecule has 1 saturated carbocycles. The molecule has 2 rings (SSSR count). The topological polar surface area (TPSA) is 50.8 Å². The van der Waals surface area contributed by atoms with Crippen LogP contribution in [-0.4, -0.2) is 62.9 Å². The molecule has 1 N–H and O–H groups in total. The average Bonchev–Trinajstić information content (AvgIpc) is 2.89. The molecule has 0 unspecified atom stereocenters. The predicted octanol–water partition coefficient (Wildman–Crippen LogP) is 0.394. The fourth-order valence-electron chi connectivity index (χ4n) is 2.51. The zero-order chi connectivity index (χ0) is 12.6. The molecule has 0 bridgehead atoms. The highest BCUT2D eigenvalue weighted by Crippen LogP contribution is 2.20. The first-order chi connectivity index (χ1) is 8.84. The van der Waals surface area contributed by atoms with Crippen LogP contribution in [0.15, 0.2) is 0 Å². The van der Waals surface area contributed by atoms with Crippen LogP contribution in [0.4, 0.5) is 0 Å². The van der Waals surface area contributed by atoms with Crippen molar-refractivity contribution in [3.05, 3.63) is 0 Å². The summed E-state index contributed by atoms with van der Waals surface area (Å²) >= 11 is 0. The van der Waals surface area contributed by atoms with Crippen molar-refractivity contribution < 1.29 is 14.3 Å². The Labute approximate surface area is 109 Å². The Morgan fingerprint density at radius 1 is 1.22 bits per heavy atom. The fraction of sp³-hybridized carbons (Fsp3) is 0.923. The number of carbonyl (C=O) groups excluding carboxylic acids is 1. The van der Waals surface area contributed by atoms with Gasteiger partial charge in [-0.05, 0) is 25.7 Å². The van der Waals surface area contributed by atoms with Gasteiger partial charge in [0.05, 0.1) is 6.61 Å². The van der Waals surface area contributed by atoms with Crippen molar-refractivity contribution in [3.63, 3.8) is 0 Å². The Bertz CT molecular complexity index is 249. The summed E-state index contributed by atoms with van der Waals surface area (Å²) in [5, 5.41) is 3.31. The molecule has 18 heavy (non-hydrogen) atoms. The third-order valence-corrected chi connectivity index (χ3v) is 3.58. The molecule has 1 aliphatic carbocycles. The minimum absolute atomic E-state index is 0.0998. The lowest BCUT2D eigenvalue weighted by atomic mass is 10.3. The van der Waals surface area contributed by atoms with Crippen molar-refractivity contribution in [2.24, 2.45) is 0 Å². The molecule has 104 valence electrons. The van der Waals surface area contributed by atoms with E-state index >= 15 is 0 Å². The highest BCUT2D eigenvalue weighted by atomic mass is 16.6. The molecular weight excluding hydrogens is 232 g/mol. The van der Waals surface area contributed by atoms with E-state index in [2.05, 4.69) is 10.2 Å². The van der Waals surface area contributed by atoms with Crippen LogP contribution in [0.2, 0.25) is 0 Å². The van der Waals surface area contributed by atoms with Gasteiger partial charge in [-0.15, -0.1) is 0 Å². The molecular formula is C13H24N2O3. The van der Waals surface area contributed by atoms with Crippen molar-refractivity contribution >= 4 is 5.97 Å². The van der Waals surface area contributed by atoms with Gasteiger partial charge in [-0.1, -0.05) is 0 Å². The van der Waals surface area contributed by atoms with Gasteiger partial charge >= 0.3 is 5.97 Å². The number of esters is 1. The Morgan fingerprint density at radius 2 is 1.94 bits per heavy atom. The highest BCUT2D eigenvalue weighted by Gasteiger charge is 2.19. The van der Waals surface area contributed by atoms with Gasteiger partial charge in [0.15, 0.2) is 0 Å². The lowest BCUT2D eigenvalue weighted by Gasteiger charge is -2.26. The summed E-state index contributed by atoms with van der Waals surface area (Å²) in [6.07, 6.45) is 4.55. The Morgan fingerprint density at radius 3 is 2.67 bits per heavy atom. The summed E-state index contributed by atoms with van der Waals surface area (Å²) in [5.74, 6) is -0.206. The smallest absolute Gasteiger partial charge is 0.332 e. The number of ether oxygens (including phenoxy) is 2. The van der Waals surface area contributed by atoms with Crippen molar-refractivity contribution in [2.75, 3.05) is 45.9 Å². The van der Waals surface area contributed by atoms with Crippen LogP contribution in [0.5, 0.6) is 0 Å². The minimum atomic E-state index is -0.206. The van der Waals surface area contributed by atoms with E-state index in [1.165, 1.54) is 12.8 Å². The predicted molar refractivity (Wildman–Crippen MR) is 68.5 cm³/mol. The molecule has 1 saturated heterocycles. The van der Waals surface area contributed by atoms with Crippen LogP contribution < -0.4 is 5.32 Å². The van der Waals surface area contributed by atoms with Gasteiger partial charge in [-0.3, -0.25) is 4.90 Å². The van der Waals surface area contributed by atoms with Crippen molar-refractivity contribution in [3.8, 4) is 0 Å². The van der Waals surface area contributed by atoms with Crippen LogP contribution in [0.3, 0.4) is 0 Å². The maximum atomic E-state index is 11.5. The van der Waals surface area contributed by atoms with E-state index in [4.69, 9.17) is 9.47 Å². The van der Waals surface area contributed by atoms with Crippen LogP contribution in [0, 0.1) is 0 Å². The van der Waals surface area contributed by atoms with Gasteiger partial charge < -0.3 is 14.8 Å². The van der Waals surface area contributed by atoms with E-state index < -0.39 is 0 Å². The molecule has 2 aliphatic rings. The molecule has 0 aromatic carbocycles. The molecule has 0 aromatic heterocycles. The number of hydrogen-bond donors (Lipinski definition) is 1. The van der Waals surface area contributed by atoms with Gasteiger partial charge in [0.2, 0.25) is 0 Å². The van der Waals surface area contributed by atoms with Gasteiger partial charge in [0.25, 0.3) is 0 Å². The fourth-order valence-corrected chi connectivity index (χ4v) is 2.51. The maximum Gasteiger partial charge on any atom is 0.332 e. The first kappa shape index (κ1) is 13.8. The zero-order valence-corrected chi connectivity index (χ0v) is 11.0. The summed E-state index contributed by atoms with van der Waals surface area (Å²) < 4.78 is 10.7. The number of nitrogens with zero attached hydrogens (tertiary/aromatic N) is 1.